The third kappa shape index (κ3) is 9.21. The molecule has 0 bridgehead atoms. The van der Waals surface area contributed by atoms with E-state index in [4.69, 9.17) is 0 Å². The molecule has 0 atom stereocenters. The molecule has 0 saturated carbocycles. The summed E-state index contributed by atoms with van der Waals surface area (Å²) in [6, 6.07) is 31.6. The van der Waals surface area contributed by atoms with Crippen molar-refractivity contribution in [2.45, 2.75) is 20.0 Å². The van der Waals surface area contributed by atoms with Gasteiger partial charge in [-0.1, -0.05) is 53.6 Å². The monoisotopic (exact) mass is 488 g/mol. The fourth-order valence-corrected chi connectivity index (χ4v) is 2.52. The Morgan fingerprint density at radius 2 is 1.37 bits per heavy atom. The number of benzene rings is 2. The largest absolute Gasteiger partial charge is 1.00 e. The van der Waals surface area contributed by atoms with Gasteiger partial charge in [0.15, 0.2) is 0 Å². The van der Waals surface area contributed by atoms with Crippen LogP contribution in [0.4, 0.5) is 0 Å². The molecular weight excluding hydrogens is 466 g/mol. The van der Waals surface area contributed by atoms with Crippen molar-refractivity contribution in [2.24, 2.45) is 0 Å². The van der Waals surface area contributed by atoms with E-state index in [1.54, 1.807) is 23.3 Å². The zero-order valence-electron chi connectivity index (χ0n) is 15.9. The van der Waals surface area contributed by atoms with Gasteiger partial charge in [-0.2, -0.15) is 18.2 Å². The van der Waals surface area contributed by atoms with Gasteiger partial charge in [0.05, 0.1) is 0 Å². The minimum atomic E-state index is 0. The van der Waals surface area contributed by atoms with Crippen LogP contribution >= 0.6 is 0 Å². The molecule has 0 saturated heterocycles. The summed E-state index contributed by atoms with van der Waals surface area (Å²) in [4.78, 5) is 0. The molecule has 4 aromatic carbocycles. The van der Waals surface area contributed by atoms with Crippen molar-refractivity contribution in [3.63, 3.8) is 0 Å². The Balaban J connectivity index is 0.000000518. The van der Waals surface area contributed by atoms with Crippen molar-refractivity contribution in [3.8, 4) is 11.1 Å². The molecule has 0 unspecified atom stereocenters. The summed E-state index contributed by atoms with van der Waals surface area (Å²) in [7, 11) is 0. The first-order chi connectivity index (χ1) is 12.1. The van der Waals surface area contributed by atoms with Crippen LogP contribution in [0.1, 0.15) is 5.56 Å². The van der Waals surface area contributed by atoms with Crippen LogP contribution < -0.4 is 24.8 Å². The smallest absolute Gasteiger partial charge is 0.0462 e. The molecule has 0 amide bonds. The number of hydrogen-bond acceptors (Lipinski definition) is 0. The summed E-state index contributed by atoms with van der Waals surface area (Å²) in [5, 5.41) is 2.64. The summed E-state index contributed by atoms with van der Waals surface area (Å²) in [6.07, 6.45) is 0. The number of fused-ring (bicyclic) bond motifs is 1. The maximum atomic E-state index is 2.31. The molecule has 0 N–H and O–H groups in total. The van der Waals surface area contributed by atoms with Crippen molar-refractivity contribution in [1.29, 1.82) is 0 Å². The van der Waals surface area contributed by atoms with Gasteiger partial charge in [0.2, 0.25) is 0 Å². The molecule has 4 rings (SSSR count). The standard InChI is InChI=1S/C16H13.C5H5.C2H6Si.2ClH.Zr/c1-12-6-2-5-9-16(12)15-10-13-7-3-4-8-14(13)11-15;1-2-4-5-3-1;1-3-2;;;/h2-11H,1H3;1-5H;1-2H3;2*1H;/q2*-1;;;;+2/p-2. The van der Waals surface area contributed by atoms with Crippen molar-refractivity contribution < 1.29 is 48.1 Å². The molecule has 0 radical (unpaired) electrons. The van der Waals surface area contributed by atoms with Crippen LogP contribution in [0.3, 0.4) is 0 Å². The topological polar surface area (TPSA) is 0 Å². The SMILES string of the molecule is C[Si](C)=[Zr+2].Cc1ccccc1-c1cc2ccccc2[cH-]1.[Cl-].[Cl-].c1cc[cH-]c1. The van der Waals surface area contributed by atoms with E-state index in [9.17, 15) is 0 Å². The van der Waals surface area contributed by atoms with Gasteiger partial charge in [-0.05, 0) is 6.92 Å². The Kier molecular flexibility index (Phi) is 13.6. The molecule has 0 spiro atoms. The summed E-state index contributed by atoms with van der Waals surface area (Å²) < 4.78 is 0. The molecule has 4 aromatic rings. The van der Waals surface area contributed by atoms with E-state index < -0.39 is 0 Å². The Bertz CT molecular complexity index is 857. The normalized spacial score (nSPS) is 8.93. The summed E-state index contributed by atoms with van der Waals surface area (Å²) in [6.45, 7) is 6.78. The van der Waals surface area contributed by atoms with Gasteiger partial charge < -0.3 is 24.8 Å². The second-order valence-electron chi connectivity index (χ2n) is 6.15. The number of hydrogen-bond donors (Lipinski definition) is 0. The fourth-order valence-electron chi connectivity index (χ4n) is 2.52. The second-order valence-corrected chi connectivity index (χ2v) is 15.5. The second kappa shape index (κ2) is 14.1. The van der Waals surface area contributed by atoms with E-state index >= 15 is 0 Å². The van der Waals surface area contributed by atoms with Crippen LogP contribution in [-0.4, -0.2) is 5.43 Å². The van der Waals surface area contributed by atoms with E-state index in [-0.39, 0.29) is 30.2 Å². The van der Waals surface area contributed by atoms with E-state index in [2.05, 4.69) is 80.7 Å². The Morgan fingerprint density at radius 1 is 0.815 bits per heavy atom. The molecule has 0 heterocycles. The Labute approximate surface area is 190 Å². The van der Waals surface area contributed by atoms with Crippen molar-refractivity contribution in [3.05, 3.63) is 96.6 Å². The molecule has 0 nitrogen and oxygen atoms in total. The van der Waals surface area contributed by atoms with Gasteiger partial charge in [0.25, 0.3) is 0 Å². The van der Waals surface area contributed by atoms with Gasteiger partial charge in [-0.3, -0.25) is 0 Å². The van der Waals surface area contributed by atoms with E-state index in [0.717, 1.165) is 0 Å². The molecule has 0 aliphatic rings. The van der Waals surface area contributed by atoms with Crippen molar-refractivity contribution >= 4 is 16.2 Å². The first-order valence-electron chi connectivity index (χ1n) is 8.48. The molecule has 27 heavy (non-hydrogen) atoms. The first-order valence-corrected chi connectivity index (χ1v) is 14.7. The van der Waals surface area contributed by atoms with Gasteiger partial charge in [0, 0.05) is 0 Å². The average molecular weight is 491 g/mol. The number of aryl methyl sites for hydroxylation is 1. The Hall–Kier alpha value is -0.920. The van der Waals surface area contributed by atoms with Gasteiger partial charge >= 0.3 is 41.9 Å². The number of halogens is 2. The predicted molar refractivity (Wildman–Crippen MR) is 109 cm³/mol. The molecule has 0 aliphatic heterocycles. The van der Waals surface area contributed by atoms with Crippen LogP contribution in [0.5, 0.6) is 0 Å². The maximum absolute atomic E-state index is 2.31. The predicted octanol–water partition coefficient (Wildman–Crippen LogP) is 0.732. The van der Waals surface area contributed by atoms with E-state index in [1.165, 1.54) is 27.5 Å². The van der Waals surface area contributed by atoms with E-state index in [1.807, 2.05) is 30.3 Å². The van der Waals surface area contributed by atoms with Crippen LogP contribution in [0.25, 0.3) is 21.9 Å². The van der Waals surface area contributed by atoms with Gasteiger partial charge in [-0.15, -0.1) is 34.5 Å². The zero-order chi connectivity index (χ0) is 18.1. The summed E-state index contributed by atoms with van der Waals surface area (Å²) in [5.41, 5.74) is 4.19. The first kappa shape index (κ1) is 26.1. The fraction of sp³-hybridized carbons (Fsp3) is 0.130. The number of rotatable bonds is 1. The molecule has 4 heteroatoms. The molecule has 140 valence electrons. The average Bonchev–Trinajstić information content (AvgIpc) is 3.27. The minimum absolute atomic E-state index is 0. The van der Waals surface area contributed by atoms with Crippen LogP contribution in [0, 0.1) is 6.92 Å². The summed E-state index contributed by atoms with van der Waals surface area (Å²) >= 11 is 1.74. The van der Waals surface area contributed by atoms with Crippen LogP contribution in [0.2, 0.25) is 13.1 Å². The Morgan fingerprint density at radius 3 is 1.89 bits per heavy atom. The molecule has 0 aliphatic carbocycles. The van der Waals surface area contributed by atoms with Crippen LogP contribution in [0.15, 0.2) is 91.0 Å². The van der Waals surface area contributed by atoms with Crippen molar-refractivity contribution in [1.82, 2.24) is 0 Å². The third-order valence-electron chi connectivity index (χ3n) is 3.63. The minimum Gasteiger partial charge on any atom is -1.00 e. The maximum Gasteiger partial charge on any atom is -0.0462 e. The molecular formula is C23H24Cl2SiZr-2. The third-order valence-corrected chi connectivity index (χ3v) is 3.63. The van der Waals surface area contributed by atoms with Gasteiger partial charge in [-0.25, -0.2) is 12.1 Å². The zero-order valence-corrected chi connectivity index (χ0v) is 20.9. The van der Waals surface area contributed by atoms with Crippen molar-refractivity contribution in [2.75, 3.05) is 0 Å². The van der Waals surface area contributed by atoms with Gasteiger partial charge in [0.1, 0.15) is 0 Å². The molecule has 0 fully saturated rings. The quantitative estimate of drug-likeness (QED) is 0.273. The van der Waals surface area contributed by atoms with Crippen LogP contribution in [-0.2, 0) is 23.3 Å². The molecule has 0 aromatic heterocycles. The van der Waals surface area contributed by atoms with E-state index in [0.29, 0.717) is 0 Å². The summed E-state index contributed by atoms with van der Waals surface area (Å²) in [5.74, 6) is 0.